The van der Waals surface area contributed by atoms with Crippen LogP contribution in [0.1, 0.15) is 12.0 Å². The predicted octanol–water partition coefficient (Wildman–Crippen LogP) is 1.65. The lowest BCUT2D eigenvalue weighted by molar-refractivity contribution is -0.117. The van der Waals surface area contributed by atoms with Crippen molar-refractivity contribution in [3.8, 4) is 0 Å². The van der Waals surface area contributed by atoms with E-state index in [0.29, 0.717) is 11.4 Å². The maximum atomic E-state index is 11.9. The van der Waals surface area contributed by atoms with Crippen LogP contribution in [0.3, 0.4) is 0 Å². The largest absolute Gasteiger partial charge is 0.334 e. The molecule has 0 saturated carbocycles. The van der Waals surface area contributed by atoms with Gasteiger partial charge in [-0.1, -0.05) is 30.0 Å². The van der Waals surface area contributed by atoms with E-state index in [2.05, 4.69) is 15.6 Å². The number of imide groups is 1. The Morgan fingerprint density at radius 2 is 2.08 bits per heavy atom. The molecule has 2 heterocycles. The van der Waals surface area contributed by atoms with Crippen LogP contribution in [0.15, 0.2) is 35.4 Å². The van der Waals surface area contributed by atoms with Crippen LogP contribution in [0.2, 0.25) is 0 Å². The number of nitrogens with zero attached hydrogens (tertiary/aromatic N) is 1. The Bertz CT molecular complexity index is 960. The van der Waals surface area contributed by atoms with Gasteiger partial charge in [0.1, 0.15) is 0 Å². The number of hydrogen-bond acceptors (Lipinski definition) is 6. The van der Waals surface area contributed by atoms with Gasteiger partial charge in [-0.25, -0.2) is 18.2 Å². The van der Waals surface area contributed by atoms with Crippen molar-refractivity contribution in [1.29, 1.82) is 0 Å². The maximum Gasteiger partial charge on any atom is 0.321 e. The van der Waals surface area contributed by atoms with Gasteiger partial charge in [-0.2, -0.15) is 0 Å². The summed E-state index contributed by atoms with van der Waals surface area (Å²) in [7, 11) is -3.08. The second kappa shape index (κ2) is 7.63. The molecule has 1 fully saturated rings. The van der Waals surface area contributed by atoms with E-state index in [4.69, 9.17) is 0 Å². The first-order valence-corrected chi connectivity index (χ1v) is 10.9. The third-order valence-corrected chi connectivity index (χ3v) is 6.75. The molecule has 1 saturated heterocycles. The number of rotatable bonds is 4. The zero-order valence-corrected chi connectivity index (χ0v) is 15.8. The third-order valence-electron chi connectivity index (χ3n) is 4.07. The summed E-state index contributed by atoms with van der Waals surface area (Å²) < 4.78 is 22.8. The van der Waals surface area contributed by atoms with Crippen LogP contribution in [-0.4, -0.2) is 48.6 Å². The van der Waals surface area contributed by atoms with Crippen molar-refractivity contribution in [2.45, 2.75) is 24.4 Å². The standard InChI is InChI=1S/C17H19N3O4S2/c1-11-8-16(19-14-5-3-2-4-13(11)14)25-9-15(21)20-17(22)18-12-6-7-26(23,24)10-12/h2-5,8,12H,6-7,9-10H2,1H3,(H2,18,20,21,22)/t12-/m1/s1. The molecule has 1 atom stereocenters. The van der Waals surface area contributed by atoms with Crippen LogP contribution < -0.4 is 10.6 Å². The summed E-state index contributed by atoms with van der Waals surface area (Å²) in [5.41, 5.74) is 1.93. The number of benzene rings is 1. The lowest BCUT2D eigenvalue weighted by Gasteiger charge is -2.11. The van der Waals surface area contributed by atoms with E-state index >= 15 is 0 Å². The number of thioether (sulfide) groups is 1. The van der Waals surface area contributed by atoms with Gasteiger partial charge in [0.05, 0.1) is 27.8 Å². The molecule has 1 aromatic carbocycles. The lowest BCUT2D eigenvalue weighted by Crippen LogP contribution is -2.45. The Morgan fingerprint density at radius 1 is 1.31 bits per heavy atom. The van der Waals surface area contributed by atoms with Crippen molar-refractivity contribution in [3.05, 3.63) is 35.9 Å². The molecule has 2 aromatic rings. The minimum atomic E-state index is -3.08. The summed E-state index contributed by atoms with van der Waals surface area (Å²) in [6.07, 6.45) is 0.374. The smallest absolute Gasteiger partial charge is 0.321 e. The number of nitrogens with one attached hydrogen (secondary N) is 2. The first kappa shape index (κ1) is 18.7. The highest BCUT2D eigenvalue weighted by molar-refractivity contribution is 7.99. The number of aromatic nitrogens is 1. The first-order chi connectivity index (χ1) is 12.3. The number of sulfone groups is 1. The van der Waals surface area contributed by atoms with Gasteiger partial charge in [-0.15, -0.1) is 0 Å². The van der Waals surface area contributed by atoms with E-state index in [0.717, 1.165) is 16.5 Å². The average molecular weight is 393 g/mol. The Balaban J connectivity index is 1.52. The van der Waals surface area contributed by atoms with Crippen LogP contribution in [0.4, 0.5) is 4.79 Å². The first-order valence-electron chi connectivity index (χ1n) is 8.12. The average Bonchev–Trinajstić information content (AvgIpc) is 2.91. The van der Waals surface area contributed by atoms with Gasteiger partial charge in [-0.3, -0.25) is 10.1 Å². The number of aryl methyl sites for hydroxylation is 1. The number of carbonyl (C=O) groups is 2. The van der Waals surface area contributed by atoms with Crippen LogP contribution in [-0.2, 0) is 14.6 Å². The molecule has 0 spiro atoms. The minimum Gasteiger partial charge on any atom is -0.334 e. The number of pyridine rings is 1. The van der Waals surface area contributed by atoms with Crippen molar-refractivity contribution < 1.29 is 18.0 Å². The van der Waals surface area contributed by atoms with Gasteiger partial charge < -0.3 is 5.32 Å². The summed E-state index contributed by atoms with van der Waals surface area (Å²) in [6.45, 7) is 1.98. The lowest BCUT2D eigenvalue weighted by atomic mass is 10.1. The summed E-state index contributed by atoms with van der Waals surface area (Å²) in [5.74, 6) is -0.430. The molecule has 0 aliphatic carbocycles. The Hall–Kier alpha value is -2.13. The van der Waals surface area contributed by atoms with Crippen LogP contribution in [0.25, 0.3) is 10.9 Å². The summed E-state index contributed by atoms with van der Waals surface area (Å²) in [6, 6.07) is 8.56. The van der Waals surface area contributed by atoms with E-state index in [1.54, 1.807) is 0 Å². The molecule has 7 nitrogen and oxygen atoms in total. The molecule has 138 valence electrons. The van der Waals surface area contributed by atoms with E-state index in [1.165, 1.54) is 11.8 Å². The van der Waals surface area contributed by atoms with Gasteiger partial charge in [0, 0.05) is 11.4 Å². The Morgan fingerprint density at radius 3 is 2.81 bits per heavy atom. The molecule has 0 bridgehead atoms. The molecule has 0 unspecified atom stereocenters. The van der Waals surface area contributed by atoms with Gasteiger partial charge >= 0.3 is 6.03 Å². The molecule has 9 heteroatoms. The number of carbonyl (C=O) groups excluding carboxylic acids is 2. The number of amides is 3. The molecule has 1 aliphatic heterocycles. The molecule has 1 aliphatic rings. The highest BCUT2D eigenvalue weighted by Gasteiger charge is 2.29. The molecular formula is C17H19N3O4S2. The fourth-order valence-electron chi connectivity index (χ4n) is 2.83. The Labute approximate surface area is 155 Å². The van der Waals surface area contributed by atoms with Crippen LogP contribution in [0, 0.1) is 6.92 Å². The van der Waals surface area contributed by atoms with Crippen molar-refractivity contribution >= 4 is 44.4 Å². The van der Waals surface area contributed by atoms with E-state index < -0.39 is 27.8 Å². The molecule has 3 rings (SSSR count). The normalized spacial score (nSPS) is 18.6. The fraction of sp³-hybridized carbons (Fsp3) is 0.353. The number of urea groups is 1. The Kier molecular flexibility index (Phi) is 5.47. The van der Waals surface area contributed by atoms with Crippen molar-refractivity contribution in [1.82, 2.24) is 15.6 Å². The fourth-order valence-corrected chi connectivity index (χ4v) is 5.27. The van der Waals surface area contributed by atoms with E-state index in [1.807, 2.05) is 37.3 Å². The van der Waals surface area contributed by atoms with E-state index in [9.17, 15) is 18.0 Å². The summed E-state index contributed by atoms with van der Waals surface area (Å²) in [4.78, 5) is 28.2. The minimum absolute atomic E-state index is 0.0428. The van der Waals surface area contributed by atoms with Gasteiger partial charge in [0.2, 0.25) is 5.91 Å². The maximum absolute atomic E-state index is 11.9. The van der Waals surface area contributed by atoms with Crippen LogP contribution in [0.5, 0.6) is 0 Å². The van der Waals surface area contributed by atoms with Gasteiger partial charge in [0.15, 0.2) is 9.84 Å². The predicted molar refractivity (Wildman–Crippen MR) is 101 cm³/mol. The summed E-state index contributed by atoms with van der Waals surface area (Å²) >= 11 is 1.24. The highest BCUT2D eigenvalue weighted by atomic mass is 32.2. The SMILES string of the molecule is Cc1cc(SCC(=O)NC(=O)N[C@@H]2CCS(=O)(=O)C2)nc2ccccc12. The number of hydrogen-bond donors (Lipinski definition) is 2. The number of fused-ring (bicyclic) bond motifs is 1. The monoisotopic (exact) mass is 393 g/mol. The second-order valence-corrected chi connectivity index (χ2v) is 9.43. The quantitative estimate of drug-likeness (QED) is 0.765. The van der Waals surface area contributed by atoms with Gasteiger partial charge in [0.25, 0.3) is 0 Å². The zero-order valence-electron chi connectivity index (χ0n) is 14.2. The molecule has 26 heavy (non-hydrogen) atoms. The number of para-hydroxylation sites is 1. The second-order valence-electron chi connectivity index (χ2n) is 6.20. The third kappa shape index (κ3) is 4.73. The molecule has 3 amide bonds. The molecule has 0 radical (unpaired) electrons. The van der Waals surface area contributed by atoms with Crippen molar-refractivity contribution in [3.63, 3.8) is 0 Å². The van der Waals surface area contributed by atoms with Gasteiger partial charge in [-0.05, 0) is 31.0 Å². The van der Waals surface area contributed by atoms with E-state index in [-0.39, 0.29) is 17.3 Å². The highest BCUT2D eigenvalue weighted by Crippen LogP contribution is 2.23. The van der Waals surface area contributed by atoms with Crippen molar-refractivity contribution in [2.24, 2.45) is 0 Å². The molecule has 2 N–H and O–H groups in total. The topological polar surface area (TPSA) is 105 Å². The molecule has 1 aromatic heterocycles. The van der Waals surface area contributed by atoms with Crippen LogP contribution >= 0.6 is 11.8 Å². The molecular weight excluding hydrogens is 374 g/mol. The summed E-state index contributed by atoms with van der Waals surface area (Å²) in [5, 5.41) is 6.52. The van der Waals surface area contributed by atoms with Crippen molar-refractivity contribution in [2.75, 3.05) is 17.3 Å². The zero-order chi connectivity index (χ0) is 18.7.